The third-order valence-electron chi connectivity index (χ3n) is 20.3. The van der Waals surface area contributed by atoms with Crippen molar-refractivity contribution in [1.29, 1.82) is 0 Å². The Morgan fingerprint density at radius 1 is 0.304 bits per heavy atom. The van der Waals surface area contributed by atoms with E-state index in [4.69, 9.17) is 4.74 Å². The molecule has 2 atom stereocenters. The lowest BCUT2D eigenvalue weighted by molar-refractivity contribution is -0.143. The number of esters is 1. The molecule has 0 aliphatic rings. The number of hydrogen-bond acceptors (Lipinski definition) is 5. The summed E-state index contributed by atoms with van der Waals surface area (Å²) in [6.45, 7) is 4.99. The predicted octanol–water partition coefficient (Wildman–Crippen LogP) is 28.4. The summed E-state index contributed by atoms with van der Waals surface area (Å²) in [5.74, 6) is -0.00758. The van der Waals surface area contributed by atoms with Gasteiger partial charge in [0.15, 0.2) is 0 Å². The summed E-state index contributed by atoms with van der Waals surface area (Å²) in [5, 5.41) is 23.5. The van der Waals surface area contributed by atoms with Gasteiger partial charge in [-0.25, -0.2) is 0 Å². The molecule has 0 aliphatic heterocycles. The van der Waals surface area contributed by atoms with Crippen molar-refractivity contribution in [2.45, 2.75) is 501 Å². The first-order valence-electron chi connectivity index (χ1n) is 42.6. The van der Waals surface area contributed by atoms with Crippen LogP contribution in [0.15, 0.2) is 24.3 Å². The van der Waals surface area contributed by atoms with Crippen molar-refractivity contribution in [3.63, 3.8) is 0 Å². The van der Waals surface area contributed by atoms with Crippen LogP contribution >= 0.6 is 0 Å². The fraction of sp³-hybridized carbons (Fsp3) is 0.930. The highest BCUT2D eigenvalue weighted by Gasteiger charge is 2.20. The Bertz CT molecular complexity index is 1450. The van der Waals surface area contributed by atoms with Crippen LogP contribution < -0.4 is 5.32 Å². The number of nitrogens with one attached hydrogen (secondary N) is 1. The molecule has 0 aromatic rings. The van der Waals surface area contributed by atoms with Crippen molar-refractivity contribution in [1.82, 2.24) is 5.32 Å². The number of unbranched alkanes of at least 4 members (excludes halogenated alkanes) is 66. The van der Waals surface area contributed by atoms with E-state index in [1.165, 1.54) is 405 Å². The van der Waals surface area contributed by atoms with E-state index in [0.717, 1.165) is 51.4 Å². The van der Waals surface area contributed by atoms with Crippen molar-refractivity contribution < 1.29 is 24.5 Å². The van der Waals surface area contributed by atoms with Gasteiger partial charge in [0.25, 0.3) is 0 Å². The molecular weight excluding hydrogens is 1130 g/mol. The molecule has 0 fully saturated rings. The van der Waals surface area contributed by atoms with Crippen LogP contribution in [-0.2, 0) is 14.3 Å². The summed E-state index contributed by atoms with van der Waals surface area (Å²) in [5.41, 5.74) is 0. The number of aliphatic hydroxyl groups is 2. The topological polar surface area (TPSA) is 95.9 Å². The van der Waals surface area contributed by atoms with Gasteiger partial charge in [0, 0.05) is 12.8 Å². The maximum atomic E-state index is 12.6. The van der Waals surface area contributed by atoms with Gasteiger partial charge in [-0.2, -0.15) is 0 Å². The van der Waals surface area contributed by atoms with Crippen LogP contribution in [0.1, 0.15) is 489 Å². The fourth-order valence-electron chi connectivity index (χ4n) is 13.8. The number of carbonyl (C=O) groups excluding carboxylic acids is 2. The number of hydrogen-bond donors (Lipinski definition) is 3. The lowest BCUT2D eigenvalue weighted by atomic mass is 10.0. The first kappa shape index (κ1) is 90.3. The minimum atomic E-state index is -0.662. The highest BCUT2D eigenvalue weighted by Crippen LogP contribution is 2.21. The van der Waals surface area contributed by atoms with E-state index >= 15 is 0 Å². The maximum Gasteiger partial charge on any atom is 0.305 e. The summed E-state index contributed by atoms with van der Waals surface area (Å²) in [7, 11) is 0. The van der Waals surface area contributed by atoms with Gasteiger partial charge >= 0.3 is 5.97 Å². The second-order valence-corrected chi connectivity index (χ2v) is 29.5. The van der Waals surface area contributed by atoms with Crippen LogP contribution in [0.25, 0.3) is 0 Å². The first-order valence-corrected chi connectivity index (χ1v) is 42.6. The first-order chi connectivity index (χ1) is 45.5. The average molecular weight is 1300 g/mol. The molecule has 0 saturated carbocycles. The Labute approximate surface area is 577 Å². The standard InChI is InChI=1S/C86H167NO5/c1-3-5-7-9-11-13-15-17-19-21-22-23-37-40-43-47-50-54-58-62-66-70-74-78-84(89)83(82-88)87-85(90)79-75-71-67-63-59-55-51-48-44-41-38-35-33-31-29-27-25-24-26-28-30-32-34-36-39-42-45-49-53-57-61-65-69-73-77-81-92-86(91)80-76-72-68-64-60-56-52-46-20-18-16-14-12-10-8-6-4-2/h12,14,18,20,83-84,88-89H,3-11,13,15-17,19,21-82H2,1-2H3,(H,87,90)/b14-12-,20-18-. The second kappa shape index (κ2) is 81.8. The summed E-state index contributed by atoms with van der Waals surface area (Å²) >= 11 is 0. The highest BCUT2D eigenvalue weighted by atomic mass is 16.5. The third-order valence-corrected chi connectivity index (χ3v) is 20.3. The Morgan fingerprint density at radius 2 is 0.543 bits per heavy atom. The predicted molar refractivity (Wildman–Crippen MR) is 407 cm³/mol. The highest BCUT2D eigenvalue weighted by molar-refractivity contribution is 5.76. The lowest BCUT2D eigenvalue weighted by Gasteiger charge is -2.22. The van der Waals surface area contributed by atoms with Crippen molar-refractivity contribution in [3.05, 3.63) is 24.3 Å². The monoisotopic (exact) mass is 1290 g/mol. The smallest absolute Gasteiger partial charge is 0.305 e. The van der Waals surface area contributed by atoms with Gasteiger partial charge in [0.05, 0.1) is 25.4 Å². The molecule has 1 amide bonds. The third kappa shape index (κ3) is 77.3. The van der Waals surface area contributed by atoms with E-state index in [2.05, 4.69) is 43.5 Å². The number of aliphatic hydroxyl groups excluding tert-OH is 2. The maximum absolute atomic E-state index is 12.6. The van der Waals surface area contributed by atoms with E-state index in [-0.39, 0.29) is 18.5 Å². The summed E-state index contributed by atoms with van der Waals surface area (Å²) in [6, 6.07) is -0.538. The van der Waals surface area contributed by atoms with Crippen molar-refractivity contribution in [2.24, 2.45) is 0 Å². The summed E-state index contributed by atoms with van der Waals surface area (Å²) in [6.07, 6.45) is 106. The number of carbonyl (C=O) groups is 2. The number of amides is 1. The average Bonchev–Trinajstić information content (AvgIpc) is 3.62. The molecular formula is C86H167NO5. The number of ether oxygens (including phenoxy) is 1. The quantitative estimate of drug-likeness (QED) is 0.0320. The normalized spacial score (nSPS) is 12.5. The molecule has 92 heavy (non-hydrogen) atoms. The molecule has 0 aromatic carbocycles. The Kier molecular flexibility index (Phi) is 80.3. The number of rotatable bonds is 81. The molecule has 6 heteroatoms. The molecule has 0 aromatic heterocycles. The van der Waals surface area contributed by atoms with E-state index in [9.17, 15) is 19.8 Å². The number of allylic oxidation sites excluding steroid dienone is 4. The summed E-state index contributed by atoms with van der Waals surface area (Å²) in [4.78, 5) is 24.7. The molecule has 0 heterocycles. The van der Waals surface area contributed by atoms with Crippen LogP contribution in [0.5, 0.6) is 0 Å². The van der Waals surface area contributed by atoms with Crippen LogP contribution in [0, 0.1) is 0 Å². The fourth-order valence-corrected chi connectivity index (χ4v) is 13.8. The van der Waals surface area contributed by atoms with Gasteiger partial charge in [0.1, 0.15) is 0 Å². The molecule has 6 nitrogen and oxygen atoms in total. The minimum Gasteiger partial charge on any atom is -0.466 e. The Hall–Kier alpha value is -1.66. The molecule has 0 radical (unpaired) electrons. The van der Waals surface area contributed by atoms with Crippen molar-refractivity contribution >= 4 is 11.9 Å². The molecule has 0 aliphatic carbocycles. The zero-order valence-corrected chi connectivity index (χ0v) is 62.8. The van der Waals surface area contributed by atoms with Gasteiger partial charge < -0.3 is 20.3 Å². The summed E-state index contributed by atoms with van der Waals surface area (Å²) < 4.78 is 5.51. The largest absolute Gasteiger partial charge is 0.466 e. The van der Waals surface area contributed by atoms with Crippen molar-refractivity contribution in [2.75, 3.05) is 13.2 Å². The Balaban J connectivity index is 3.31. The zero-order valence-electron chi connectivity index (χ0n) is 62.8. The van der Waals surface area contributed by atoms with Gasteiger partial charge in [-0.3, -0.25) is 9.59 Å². The van der Waals surface area contributed by atoms with Crippen LogP contribution in [0.2, 0.25) is 0 Å². The van der Waals surface area contributed by atoms with Gasteiger partial charge in [-0.05, 0) is 57.8 Å². The zero-order chi connectivity index (χ0) is 66.3. The molecule has 0 rings (SSSR count). The molecule has 0 saturated heterocycles. The second-order valence-electron chi connectivity index (χ2n) is 29.5. The minimum absolute atomic E-state index is 0.0159. The Morgan fingerprint density at radius 3 is 0.848 bits per heavy atom. The van der Waals surface area contributed by atoms with Crippen molar-refractivity contribution in [3.8, 4) is 0 Å². The van der Waals surface area contributed by atoms with Crippen LogP contribution in [-0.4, -0.2) is 47.4 Å². The lowest BCUT2D eigenvalue weighted by Crippen LogP contribution is -2.45. The van der Waals surface area contributed by atoms with Gasteiger partial charge in [0.2, 0.25) is 5.91 Å². The molecule has 2 unspecified atom stereocenters. The van der Waals surface area contributed by atoms with E-state index in [1.807, 2.05) is 0 Å². The van der Waals surface area contributed by atoms with E-state index < -0.39 is 12.1 Å². The van der Waals surface area contributed by atoms with Gasteiger partial charge in [-0.1, -0.05) is 443 Å². The van der Waals surface area contributed by atoms with Crippen LogP contribution in [0.4, 0.5) is 0 Å². The molecule has 546 valence electrons. The SMILES string of the molecule is CCCCC/C=C\C/C=C\CCCCCCCCCC(=O)OCCCCCCCCCCCCCCCCCCCCCCCCCCCCCCCCCCCCCC(=O)NC(CO)C(O)CCCCCCCCCCCCCCCCCCCCCCCCC. The van der Waals surface area contributed by atoms with Crippen LogP contribution in [0.3, 0.4) is 0 Å². The van der Waals surface area contributed by atoms with Gasteiger partial charge in [-0.15, -0.1) is 0 Å². The van der Waals surface area contributed by atoms with E-state index in [0.29, 0.717) is 25.9 Å². The molecule has 3 N–H and O–H groups in total. The molecule has 0 spiro atoms. The molecule has 0 bridgehead atoms. The van der Waals surface area contributed by atoms with E-state index in [1.54, 1.807) is 0 Å².